The molecule has 5 aromatic rings. The number of rotatable bonds is 7. The van der Waals surface area contributed by atoms with Gasteiger partial charge in [0.1, 0.15) is 11.5 Å². The highest BCUT2D eigenvalue weighted by molar-refractivity contribution is 8.00. The smallest absolute Gasteiger partial charge is 0.301 e. The van der Waals surface area contributed by atoms with Crippen molar-refractivity contribution >= 4 is 56.5 Å². The molecule has 0 radical (unpaired) electrons. The first-order valence-electron chi connectivity index (χ1n) is 13.3. The van der Waals surface area contributed by atoms with Crippen LogP contribution in [0.1, 0.15) is 33.9 Å². The summed E-state index contributed by atoms with van der Waals surface area (Å²) in [4.78, 5) is 28.5. The van der Waals surface area contributed by atoms with Gasteiger partial charge in [-0.05, 0) is 59.5 Å². The zero-order valence-corrected chi connectivity index (χ0v) is 24.8. The van der Waals surface area contributed by atoms with Gasteiger partial charge >= 0.3 is 5.91 Å². The molecule has 1 amide bonds. The van der Waals surface area contributed by atoms with Crippen LogP contribution in [0.3, 0.4) is 0 Å². The number of hydrogen-bond acceptors (Lipinski definition) is 8. The summed E-state index contributed by atoms with van der Waals surface area (Å²) in [5.41, 5.74) is 4.00. The summed E-state index contributed by atoms with van der Waals surface area (Å²) in [5, 5.41) is 22.9. The quantitative estimate of drug-likeness (QED) is 0.0699. The molecule has 1 aliphatic heterocycles. The lowest BCUT2D eigenvalue weighted by Crippen LogP contribution is -2.29. The van der Waals surface area contributed by atoms with Crippen molar-refractivity contribution in [1.82, 2.24) is 10.2 Å². The number of carbonyl (C=O) groups is 2. The lowest BCUT2D eigenvalue weighted by atomic mass is 9.93. The Hall–Kier alpha value is -4.47. The van der Waals surface area contributed by atoms with Crippen molar-refractivity contribution in [3.63, 3.8) is 0 Å². The molecule has 4 aromatic carbocycles. The molecule has 0 spiro atoms. The van der Waals surface area contributed by atoms with Gasteiger partial charge in [-0.1, -0.05) is 95.4 Å². The van der Waals surface area contributed by atoms with Crippen molar-refractivity contribution in [2.45, 2.75) is 30.0 Å². The topological polar surface area (TPSA) is 92.6 Å². The zero-order valence-electron chi connectivity index (χ0n) is 23.2. The summed E-state index contributed by atoms with van der Waals surface area (Å²) in [6, 6.07) is 26.3. The molecule has 0 bridgehead atoms. The second kappa shape index (κ2) is 11.4. The second-order valence-corrected chi connectivity index (χ2v) is 12.2. The fourth-order valence-corrected chi connectivity index (χ4v) is 7.08. The van der Waals surface area contributed by atoms with Gasteiger partial charge in [0.05, 0.1) is 18.7 Å². The van der Waals surface area contributed by atoms with Gasteiger partial charge in [0.25, 0.3) is 5.78 Å². The Morgan fingerprint density at radius 1 is 0.976 bits per heavy atom. The minimum Gasteiger partial charge on any atom is -0.507 e. The average molecular weight is 594 g/mol. The fourth-order valence-electron chi connectivity index (χ4n) is 5.21. The van der Waals surface area contributed by atoms with E-state index in [-0.39, 0.29) is 16.5 Å². The third-order valence-electron chi connectivity index (χ3n) is 7.34. The number of aliphatic hydroxyl groups excluding tert-OH is 1. The number of ether oxygens (including phenoxy) is 1. The van der Waals surface area contributed by atoms with Crippen molar-refractivity contribution in [1.29, 1.82) is 0 Å². The normalized spacial score (nSPS) is 16.4. The Morgan fingerprint density at radius 3 is 2.60 bits per heavy atom. The first-order valence-corrected chi connectivity index (χ1v) is 15.1. The number of fused-ring (bicyclic) bond motifs is 1. The first kappa shape index (κ1) is 27.7. The number of aliphatic hydroxyl groups is 1. The van der Waals surface area contributed by atoms with Crippen molar-refractivity contribution in [3.8, 4) is 5.75 Å². The molecule has 1 saturated heterocycles. The molecule has 6 rings (SSSR count). The second-order valence-electron chi connectivity index (χ2n) is 10.0. The highest BCUT2D eigenvalue weighted by atomic mass is 32.2. The standard InChI is InChI=1S/C33H27N3O4S2/c1-19-14-15-20(2)26(16-19)29(37)27-28(22-10-7-12-24(17-22)40-3)36(31(39)30(27)38)32-34-35-33(42-32)41-18-23-11-6-9-21-8-4-5-13-25(21)23/h4-17,28,37H,18H2,1-3H3. The Bertz CT molecular complexity index is 1880. The summed E-state index contributed by atoms with van der Waals surface area (Å²) in [6.45, 7) is 3.77. The van der Waals surface area contributed by atoms with Crippen LogP contribution in [0.5, 0.6) is 5.75 Å². The Morgan fingerprint density at radius 2 is 1.76 bits per heavy atom. The van der Waals surface area contributed by atoms with E-state index in [1.54, 1.807) is 31.4 Å². The average Bonchev–Trinajstić information content (AvgIpc) is 3.58. The van der Waals surface area contributed by atoms with Gasteiger partial charge in [0.2, 0.25) is 5.13 Å². The van der Waals surface area contributed by atoms with E-state index in [0.717, 1.165) is 11.1 Å². The first-order chi connectivity index (χ1) is 20.4. The Labute approximate surface area is 251 Å². The number of aromatic nitrogens is 2. The predicted octanol–water partition coefficient (Wildman–Crippen LogP) is 7.24. The number of amides is 1. The molecule has 1 atom stereocenters. The third-order valence-corrected chi connectivity index (χ3v) is 9.44. The van der Waals surface area contributed by atoms with Gasteiger partial charge in [-0.25, -0.2) is 0 Å². The van der Waals surface area contributed by atoms with Gasteiger partial charge in [0, 0.05) is 11.3 Å². The van der Waals surface area contributed by atoms with E-state index in [1.165, 1.54) is 44.3 Å². The number of anilines is 1. The van der Waals surface area contributed by atoms with Crippen molar-refractivity contribution in [2.75, 3.05) is 12.0 Å². The number of hydrogen-bond donors (Lipinski definition) is 1. The van der Waals surface area contributed by atoms with Crippen molar-refractivity contribution in [3.05, 3.63) is 118 Å². The van der Waals surface area contributed by atoms with Crippen LogP contribution in [-0.4, -0.2) is 34.1 Å². The lowest BCUT2D eigenvalue weighted by molar-refractivity contribution is -0.132. The molecular formula is C33H27N3O4S2. The van der Waals surface area contributed by atoms with E-state index in [0.29, 0.717) is 27.0 Å². The molecule has 1 fully saturated rings. The van der Waals surface area contributed by atoms with E-state index < -0.39 is 17.7 Å². The predicted molar refractivity (Wildman–Crippen MR) is 167 cm³/mol. The summed E-state index contributed by atoms with van der Waals surface area (Å²) < 4.78 is 6.10. The maximum Gasteiger partial charge on any atom is 0.301 e. The van der Waals surface area contributed by atoms with Gasteiger partial charge < -0.3 is 9.84 Å². The maximum atomic E-state index is 13.6. The Balaban J connectivity index is 1.40. The highest BCUT2D eigenvalue weighted by Gasteiger charge is 2.48. The van der Waals surface area contributed by atoms with Crippen LogP contribution in [-0.2, 0) is 15.3 Å². The number of benzene rings is 4. The molecule has 1 aliphatic rings. The van der Waals surface area contributed by atoms with Crippen LogP contribution in [0.15, 0.2) is 94.8 Å². The van der Waals surface area contributed by atoms with Crippen LogP contribution < -0.4 is 9.64 Å². The SMILES string of the molecule is COc1cccc(C2C(=C(O)c3cc(C)ccc3C)C(=O)C(=O)N2c2nnc(SCc3cccc4ccccc34)s2)c1. The number of methoxy groups -OCH3 is 1. The van der Waals surface area contributed by atoms with Crippen LogP contribution >= 0.6 is 23.1 Å². The number of Topliss-reactive ketones (excluding diaryl/α,β-unsaturated/α-hetero) is 1. The van der Waals surface area contributed by atoms with Gasteiger partial charge in [-0.2, -0.15) is 0 Å². The lowest BCUT2D eigenvalue weighted by Gasteiger charge is -2.23. The van der Waals surface area contributed by atoms with Crippen molar-refractivity contribution < 1.29 is 19.4 Å². The van der Waals surface area contributed by atoms with E-state index in [4.69, 9.17) is 4.74 Å². The van der Waals surface area contributed by atoms with E-state index >= 15 is 0 Å². The van der Waals surface area contributed by atoms with Crippen LogP contribution in [0.25, 0.3) is 16.5 Å². The molecule has 7 nitrogen and oxygen atoms in total. The molecular weight excluding hydrogens is 567 g/mol. The van der Waals surface area contributed by atoms with Crippen molar-refractivity contribution in [2.24, 2.45) is 0 Å². The fraction of sp³-hybridized carbons (Fsp3) is 0.152. The largest absolute Gasteiger partial charge is 0.507 e. The summed E-state index contributed by atoms with van der Waals surface area (Å²) in [7, 11) is 1.55. The van der Waals surface area contributed by atoms with Gasteiger partial charge in [-0.15, -0.1) is 10.2 Å². The zero-order chi connectivity index (χ0) is 29.4. The number of nitrogens with zero attached hydrogens (tertiary/aromatic N) is 3. The minimum absolute atomic E-state index is 0.00196. The van der Waals surface area contributed by atoms with Crippen LogP contribution in [0, 0.1) is 13.8 Å². The molecule has 1 N–H and O–H groups in total. The highest BCUT2D eigenvalue weighted by Crippen LogP contribution is 2.45. The number of aryl methyl sites for hydroxylation is 2. The van der Waals surface area contributed by atoms with Gasteiger partial charge in [-0.3, -0.25) is 14.5 Å². The maximum absolute atomic E-state index is 13.6. The molecule has 1 unspecified atom stereocenters. The number of ketones is 1. The molecule has 0 aliphatic carbocycles. The molecule has 210 valence electrons. The summed E-state index contributed by atoms with van der Waals surface area (Å²) >= 11 is 2.76. The Kier molecular flexibility index (Phi) is 7.53. The van der Waals surface area contributed by atoms with E-state index in [9.17, 15) is 14.7 Å². The monoisotopic (exact) mass is 593 g/mol. The van der Waals surface area contributed by atoms with E-state index in [1.807, 2.05) is 50.2 Å². The third kappa shape index (κ3) is 5.06. The number of carbonyl (C=O) groups excluding carboxylic acids is 2. The molecule has 9 heteroatoms. The van der Waals surface area contributed by atoms with Gasteiger partial charge in [0.15, 0.2) is 4.34 Å². The minimum atomic E-state index is -0.913. The molecule has 2 heterocycles. The van der Waals surface area contributed by atoms with Crippen LogP contribution in [0.2, 0.25) is 0 Å². The summed E-state index contributed by atoms with van der Waals surface area (Å²) in [5.74, 6) is -0.535. The molecule has 0 saturated carbocycles. The number of thioether (sulfide) groups is 1. The summed E-state index contributed by atoms with van der Waals surface area (Å²) in [6.07, 6.45) is 0. The van der Waals surface area contributed by atoms with E-state index in [2.05, 4.69) is 34.5 Å². The molecule has 1 aromatic heterocycles. The molecule has 42 heavy (non-hydrogen) atoms. The van der Waals surface area contributed by atoms with Crippen LogP contribution in [0.4, 0.5) is 5.13 Å².